The molecule has 1 aromatic rings. The standard InChI is InChI=1S/C15H19ClFNO2/c1-2-7-18(9-11-6-8-20-10-11)15(19)14-12(16)4-3-5-13(14)17/h3-5,11H,2,6-10H2,1H3. The highest BCUT2D eigenvalue weighted by molar-refractivity contribution is 6.33. The maximum atomic E-state index is 13.9. The lowest BCUT2D eigenvalue weighted by Gasteiger charge is -2.25. The Morgan fingerprint density at radius 1 is 1.55 bits per heavy atom. The Bertz CT molecular complexity index is 455. The second-order valence-corrected chi connectivity index (χ2v) is 5.48. The van der Waals surface area contributed by atoms with Crippen LogP contribution in [0.5, 0.6) is 0 Å². The van der Waals surface area contributed by atoms with Crippen LogP contribution in [0, 0.1) is 11.7 Å². The summed E-state index contributed by atoms with van der Waals surface area (Å²) in [6.07, 6.45) is 1.77. The van der Waals surface area contributed by atoms with Gasteiger partial charge in [0.15, 0.2) is 0 Å². The first-order valence-electron chi connectivity index (χ1n) is 6.94. The van der Waals surface area contributed by atoms with Crippen LogP contribution in [-0.2, 0) is 4.74 Å². The molecule has 1 amide bonds. The minimum Gasteiger partial charge on any atom is -0.381 e. The molecule has 5 heteroatoms. The van der Waals surface area contributed by atoms with Crippen LogP contribution in [0.2, 0.25) is 5.02 Å². The zero-order valence-corrected chi connectivity index (χ0v) is 12.3. The minimum atomic E-state index is -0.564. The van der Waals surface area contributed by atoms with Crippen molar-refractivity contribution in [3.8, 4) is 0 Å². The molecule has 2 rings (SSSR count). The third-order valence-corrected chi connectivity index (χ3v) is 3.77. The van der Waals surface area contributed by atoms with Crippen LogP contribution in [0.4, 0.5) is 4.39 Å². The van der Waals surface area contributed by atoms with E-state index in [9.17, 15) is 9.18 Å². The van der Waals surface area contributed by atoms with Crippen LogP contribution in [0.1, 0.15) is 30.1 Å². The van der Waals surface area contributed by atoms with E-state index in [1.165, 1.54) is 12.1 Å². The Labute approximate surface area is 123 Å². The largest absolute Gasteiger partial charge is 0.381 e. The molecule has 1 fully saturated rings. The molecule has 0 bridgehead atoms. The van der Waals surface area contributed by atoms with Gasteiger partial charge in [-0.2, -0.15) is 0 Å². The monoisotopic (exact) mass is 299 g/mol. The van der Waals surface area contributed by atoms with Crippen molar-refractivity contribution < 1.29 is 13.9 Å². The highest BCUT2D eigenvalue weighted by Gasteiger charge is 2.25. The maximum Gasteiger partial charge on any atom is 0.258 e. The Kier molecular flexibility index (Phi) is 5.38. The SMILES string of the molecule is CCCN(CC1CCOC1)C(=O)c1c(F)cccc1Cl. The molecule has 1 aromatic carbocycles. The lowest BCUT2D eigenvalue weighted by molar-refractivity contribution is 0.0716. The van der Waals surface area contributed by atoms with Gasteiger partial charge in [0.25, 0.3) is 5.91 Å². The van der Waals surface area contributed by atoms with Crippen LogP contribution in [0.25, 0.3) is 0 Å². The number of amides is 1. The number of halogens is 2. The molecule has 1 unspecified atom stereocenters. The number of hydrogen-bond donors (Lipinski definition) is 0. The van der Waals surface area contributed by atoms with E-state index in [2.05, 4.69) is 0 Å². The summed E-state index contributed by atoms with van der Waals surface area (Å²) in [5.41, 5.74) is -0.0264. The fraction of sp³-hybridized carbons (Fsp3) is 0.533. The highest BCUT2D eigenvalue weighted by Crippen LogP contribution is 2.22. The summed E-state index contributed by atoms with van der Waals surface area (Å²) in [4.78, 5) is 14.2. The van der Waals surface area contributed by atoms with Gasteiger partial charge in [0.05, 0.1) is 17.2 Å². The molecule has 1 aliphatic rings. The molecule has 0 aliphatic carbocycles. The number of benzene rings is 1. The zero-order chi connectivity index (χ0) is 14.5. The summed E-state index contributed by atoms with van der Waals surface area (Å²) >= 11 is 5.97. The maximum absolute atomic E-state index is 13.9. The van der Waals surface area contributed by atoms with Gasteiger partial charge in [-0.15, -0.1) is 0 Å². The Hall–Kier alpha value is -1.13. The fourth-order valence-electron chi connectivity index (χ4n) is 2.44. The third-order valence-electron chi connectivity index (χ3n) is 3.46. The van der Waals surface area contributed by atoms with Crippen LogP contribution >= 0.6 is 11.6 Å². The van der Waals surface area contributed by atoms with Gasteiger partial charge in [-0.1, -0.05) is 24.6 Å². The van der Waals surface area contributed by atoms with E-state index in [0.717, 1.165) is 19.4 Å². The van der Waals surface area contributed by atoms with Crippen molar-refractivity contribution in [3.05, 3.63) is 34.6 Å². The average Bonchev–Trinajstić information content (AvgIpc) is 2.91. The Morgan fingerprint density at radius 3 is 2.95 bits per heavy atom. The molecule has 1 atom stereocenters. The third kappa shape index (κ3) is 3.49. The Balaban J connectivity index is 2.17. The minimum absolute atomic E-state index is 0.0264. The number of hydrogen-bond acceptors (Lipinski definition) is 2. The van der Waals surface area contributed by atoms with E-state index < -0.39 is 5.82 Å². The van der Waals surface area contributed by atoms with Crippen molar-refractivity contribution in [2.24, 2.45) is 5.92 Å². The molecule has 0 aromatic heterocycles. The first kappa shape index (κ1) is 15.3. The fourth-order valence-corrected chi connectivity index (χ4v) is 2.69. The predicted octanol–water partition coefficient (Wildman–Crippen LogP) is 3.37. The van der Waals surface area contributed by atoms with Gasteiger partial charge in [-0.3, -0.25) is 4.79 Å². The second kappa shape index (κ2) is 7.04. The van der Waals surface area contributed by atoms with Crippen molar-refractivity contribution in [2.75, 3.05) is 26.3 Å². The van der Waals surface area contributed by atoms with Crippen LogP contribution in [-0.4, -0.2) is 37.1 Å². The molecular weight excluding hydrogens is 281 g/mol. The molecule has 0 N–H and O–H groups in total. The van der Waals surface area contributed by atoms with Crippen molar-refractivity contribution >= 4 is 17.5 Å². The molecule has 110 valence electrons. The normalized spacial score (nSPS) is 18.2. The van der Waals surface area contributed by atoms with E-state index >= 15 is 0 Å². The summed E-state index contributed by atoms with van der Waals surface area (Å²) in [6.45, 7) is 4.59. The number of carbonyl (C=O) groups is 1. The summed E-state index contributed by atoms with van der Waals surface area (Å²) in [5.74, 6) is -0.566. The number of nitrogens with zero attached hydrogens (tertiary/aromatic N) is 1. The lowest BCUT2D eigenvalue weighted by atomic mass is 10.1. The van der Waals surface area contributed by atoms with Gasteiger partial charge in [-0.05, 0) is 25.0 Å². The Morgan fingerprint density at radius 2 is 2.35 bits per heavy atom. The zero-order valence-electron chi connectivity index (χ0n) is 11.6. The smallest absolute Gasteiger partial charge is 0.258 e. The van der Waals surface area contributed by atoms with E-state index in [-0.39, 0.29) is 16.5 Å². The van der Waals surface area contributed by atoms with E-state index in [1.807, 2.05) is 6.92 Å². The van der Waals surface area contributed by atoms with Crippen molar-refractivity contribution in [1.82, 2.24) is 4.90 Å². The molecular formula is C15H19ClFNO2. The molecule has 1 aliphatic heterocycles. The second-order valence-electron chi connectivity index (χ2n) is 5.08. The van der Waals surface area contributed by atoms with E-state index in [0.29, 0.717) is 25.6 Å². The first-order valence-corrected chi connectivity index (χ1v) is 7.32. The molecule has 20 heavy (non-hydrogen) atoms. The summed E-state index contributed by atoms with van der Waals surface area (Å²) in [5, 5.41) is 0.166. The quantitative estimate of drug-likeness (QED) is 0.834. The van der Waals surface area contributed by atoms with Gasteiger partial charge in [0, 0.05) is 25.6 Å². The number of rotatable bonds is 5. The average molecular weight is 300 g/mol. The van der Waals surface area contributed by atoms with Gasteiger partial charge in [0.1, 0.15) is 5.82 Å². The van der Waals surface area contributed by atoms with Crippen molar-refractivity contribution in [2.45, 2.75) is 19.8 Å². The highest BCUT2D eigenvalue weighted by atomic mass is 35.5. The van der Waals surface area contributed by atoms with Gasteiger partial charge in [-0.25, -0.2) is 4.39 Å². The molecule has 0 saturated carbocycles. The first-order chi connectivity index (χ1) is 9.63. The lowest BCUT2D eigenvalue weighted by Crippen LogP contribution is -2.37. The molecule has 1 saturated heterocycles. The molecule has 0 spiro atoms. The predicted molar refractivity (Wildman–Crippen MR) is 76.5 cm³/mol. The van der Waals surface area contributed by atoms with Gasteiger partial charge in [0.2, 0.25) is 0 Å². The number of ether oxygens (including phenoxy) is 1. The van der Waals surface area contributed by atoms with Crippen LogP contribution in [0.3, 0.4) is 0 Å². The van der Waals surface area contributed by atoms with Crippen molar-refractivity contribution in [1.29, 1.82) is 0 Å². The summed E-state index contributed by atoms with van der Waals surface area (Å²) in [7, 11) is 0. The number of carbonyl (C=O) groups excluding carboxylic acids is 1. The molecule has 0 radical (unpaired) electrons. The van der Waals surface area contributed by atoms with E-state index in [1.54, 1.807) is 11.0 Å². The van der Waals surface area contributed by atoms with Crippen LogP contribution < -0.4 is 0 Å². The summed E-state index contributed by atoms with van der Waals surface area (Å²) in [6, 6.07) is 4.31. The van der Waals surface area contributed by atoms with Gasteiger partial charge >= 0.3 is 0 Å². The van der Waals surface area contributed by atoms with Crippen LogP contribution in [0.15, 0.2) is 18.2 Å². The van der Waals surface area contributed by atoms with Gasteiger partial charge < -0.3 is 9.64 Å². The van der Waals surface area contributed by atoms with E-state index in [4.69, 9.17) is 16.3 Å². The molecule has 1 heterocycles. The summed E-state index contributed by atoms with van der Waals surface area (Å²) < 4.78 is 19.2. The van der Waals surface area contributed by atoms with Crippen molar-refractivity contribution in [3.63, 3.8) is 0 Å². The molecule has 3 nitrogen and oxygen atoms in total. The topological polar surface area (TPSA) is 29.5 Å².